The molecule has 0 aliphatic heterocycles. The summed E-state index contributed by atoms with van der Waals surface area (Å²) in [5.74, 6) is 0.521. The van der Waals surface area contributed by atoms with E-state index in [1.165, 1.54) is 11.3 Å². The molecule has 7 nitrogen and oxygen atoms in total. The summed E-state index contributed by atoms with van der Waals surface area (Å²) >= 11 is 7.79. The molecule has 3 aromatic rings. The highest BCUT2D eigenvalue weighted by Crippen LogP contribution is 2.39. The zero-order chi connectivity index (χ0) is 21.0. The van der Waals surface area contributed by atoms with Crippen LogP contribution in [0.1, 0.15) is 31.3 Å². The van der Waals surface area contributed by atoms with Crippen LogP contribution in [0.25, 0.3) is 10.2 Å². The molecule has 0 aliphatic carbocycles. The van der Waals surface area contributed by atoms with Crippen LogP contribution in [0.2, 0.25) is 5.02 Å². The van der Waals surface area contributed by atoms with Crippen molar-refractivity contribution in [3.63, 3.8) is 0 Å². The number of fused-ring (bicyclic) bond motifs is 1. The number of carbonyl (C=O) groups excluding carboxylic acids is 1. The highest BCUT2D eigenvalue weighted by molar-refractivity contribution is 7.23. The number of ether oxygens (including phenoxy) is 1. The number of hydrogen-bond acceptors (Lipinski definition) is 6. The van der Waals surface area contributed by atoms with Gasteiger partial charge in [-0.05, 0) is 38.2 Å². The number of aryl methyl sites for hydroxylation is 1. The van der Waals surface area contributed by atoms with E-state index in [2.05, 4.69) is 23.8 Å². The predicted octanol–water partition coefficient (Wildman–Crippen LogP) is 4.16. The van der Waals surface area contributed by atoms with Gasteiger partial charge < -0.3 is 9.64 Å². The molecule has 0 spiro atoms. The number of thiazole rings is 1. The topological polar surface area (TPSA) is 63.5 Å². The summed E-state index contributed by atoms with van der Waals surface area (Å²) in [6.07, 6.45) is 1.65. The van der Waals surface area contributed by atoms with Crippen molar-refractivity contribution in [2.45, 2.75) is 27.3 Å². The highest BCUT2D eigenvalue weighted by atomic mass is 35.5. The molecule has 2 heterocycles. The molecule has 0 saturated heterocycles. The summed E-state index contributed by atoms with van der Waals surface area (Å²) in [4.78, 5) is 22.2. The van der Waals surface area contributed by atoms with Crippen LogP contribution in [0.5, 0.6) is 5.75 Å². The van der Waals surface area contributed by atoms with E-state index in [0.29, 0.717) is 40.2 Å². The smallest absolute Gasteiger partial charge is 0.278 e. The Labute approximate surface area is 179 Å². The molecule has 1 aromatic carbocycles. The minimum Gasteiger partial charge on any atom is -0.494 e. The van der Waals surface area contributed by atoms with Gasteiger partial charge in [0.05, 0.1) is 16.8 Å². The third-order valence-electron chi connectivity index (χ3n) is 4.91. The third kappa shape index (κ3) is 4.39. The number of amides is 1. The van der Waals surface area contributed by atoms with Crippen molar-refractivity contribution in [3.05, 3.63) is 35.1 Å². The van der Waals surface area contributed by atoms with E-state index in [9.17, 15) is 4.79 Å². The Bertz CT molecular complexity index is 983. The van der Waals surface area contributed by atoms with Gasteiger partial charge in [0, 0.05) is 25.8 Å². The molecular formula is C20H26ClN5O2S. The Morgan fingerprint density at radius 2 is 1.97 bits per heavy atom. The molecular weight excluding hydrogens is 410 g/mol. The van der Waals surface area contributed by atoms with Crippen molar-refractivity contribution in [2.24, 2.45) is 0 Å². The first-order valence-electron chi connectivity index (χ1n) is 9.73. The molecule has 156 valence electrons. The standard InChI is InChI=1S/C20H26ClN5O2S/c1-5-24(6-2)12-13-25(19(27)15-10-11-22-26(15)7-3)20-23-17-16(28-4)9-8-14(21)18(17)29-20/h8-11H,5-7,12-13H2,1-4H3. The molecule has 0 atom stereocenters. The SMILES string of the molecule is CCN(CC)CCN(C(=O)c1ccnn1CC)c1nc2c(OC)ccc(Cl)c2s1. The van der Waals surface area contributed by atoms with Crippen molar-refractivity contribution in [3.8, 4) is 5.75 Å². The summed E-state index contributed by atoms with van der Waals surface area (Å²) in [7, 11) is 1.60. The Morgan fingerprint density at radius 3 is 2.62 bits per heavy atom. The molecule has 2 aromatic heterocycles. The van der Waals surface area contributed by atoms with Crippen LogP contribution in [-0.4, -0.2) is 58.9 Å². The van der Waals surface area contributed by atoms with Crippen molar-refractivity contribution in [1.82, 2.24) is 19.7 Å². The van der Waals surface area contributed by atoms with Crippen molar-refractivity contribution in [2.75, 3.05) is 38.2 Å². The van der Waals surface area contributed by atoms with Crippen LogP contribution in [0, 0.1) is 0 Å². The molecule has 0 bridgehead atoms. The second kappa shape index (κ2) is 9.56. The summed E-state index contributed by atoms with van der Waals surface area (Å²) in [5, 5.41) is 5.44. The fourth-order valence-electron chi connectivity index (χ4n) is 3.19. The van der Waals surface area contributed by atoms with Gasteiger partial charge in [0.25, 0.3) is 5.91 Å². The maximum Gasteiger partial charge on any atom is 0.278 e. The molecule has 3 rings (SSSR count). The van der Waals surface area contributed by atoms with E-state index in [0.717, 1.165) is 24.3 Å². The Hall–Kier alpha value is -2.16. The van der Waals surface area contributed by atoms with Gasteiger partial charge in [0.2, 0.25) is 0 Å². The monoisotopic (exact) mass is 435 g/mol. The maximum absolute atomic E-state index is 13.4. The molecule has 1 amide bonds. The number of halogens is 1. The van der Waals surface area contributed by atoms with E-state index >= 15 is 0 Å². The average Bonchev–Trinajstić information content (AvgIpc) is 3.39. The third-order valence-corrected chi connectivity index (χ3v) is 6.45. The van der Waals surface area contributed by atoms with E-state index in [1.807, 2.05) is 6.92 Å². The Kier molecular flexibility index (Phi) is 7.10. The fraction of sp³-hybridized carbons (Fsp3) is 0.450. The van der Waals surface area contributed by atoms with Crippen LogP contribution in [0.15, 0.2) is 24.4 Å². The van der Waals surface area contributed by atoms with Gasteiger partial charge in [-0.3, -0.25) is 14.4 Å². The lowest BCUT2D eigenvalue weighted by molar-refractivity contribution is 0.0973. The van der Waals surface area contributed by atoms with Gasteiger partial charge in [-0.25, -0.2) is 4.98 Å². The number of carbonyl (C=O) groups is 1. The van der Waals surface area contributed by atoms with E-state index in [4.69, 9.17) is 21.3 Å². The average molecular weight is 436 g/mol. The Morgan fingerprint density at radius 1 is 1.21 bits per heavy atom. The first-order chi connectivity index (χ1) is 14.0. The zero-order valence-electron chi connectivity index (χ0n) is 17.2. The number of benzene rings is 1. The zero-order valence-corrected chi connectivity index (χ0v) is 18.8. The van der Waals surface area contributed by atoms with Crippen LogP contribution in [0.4, 0.5) is 5.13 Å². The molecule has 0 saturated carbocycles. The largest absolute Gasteiger partial charge is 0.494 e. The minimum atomic E-state index is -0.120. The van der Waals surface area contributed by atoms with E-state index in [1.54, 1.807) is 41.1 Å². The highest BCUT2D eigenvalue weighted by Gasteiger charge is 2.25. The summed E-state index contributed by atoms with van der Waals surface area (Å²) in [6, 6.07) is 5.33. The van der Waals surface area contributed by atoms with Crippen molar-refractivity contribution < 1.29 is 9.53 Å². The number of likely N-dealkylation sites (N-methyl/N-ethyl adjacent to an activating group) is 1. The van der Waals surface area contributed by atoms with Crippen LogP contribution in [0.3, 0.4) is 0 Å². The van der Waals surface area contributed by atoms with Crippen LogP contribution < -0.4 is 9.64 Å². The lowest BCUT2D eigenvalue weighted by atomic mass is 10.3. The number of aromatic nitrogens is 3. The second-order valence-corrected chi connectivity index (χ2v) is 7.82. The van der Waals surface area contributed by atoms with Crippen LogP contribution >= 0.6 is 22.9 Å². The molecule has 9 heteroatoms. The predicted molar refractivity (Wildman–Crippen MR) is 119 cm³/mol. The first kappa shape index (κ1) is 21.5. The number of nitrogens with zero attached hydrogens (tertiary/aromatic N) is 5. The molecule has 0 fully saturated rings. The normalized spacial score (nSPS) is 11.4. The number of methoxy groups -OCH3 is 1. The molecule has 0 aliphatic rings. The van der Waals surface area contributed by atoms with Crippen LogP contribution in [-0.2, 0) is 6.54 Å². The van der Waals surface area contributed by atoms with Gasteiger partial charge in [0.1, 0.15) is 17.0 Å². The lowest BCUT2D eigenvalue weighted by Gasteiger charge is -2.24. The quantitative estimate of drug-likeness (QED) is 0.505. The second-order valence-electron chi connectivity index (χ2n) is 6.44. The summed E-state index contributed by atoms with van der Waals surface area (Å²) < 4.78 is 7.95. The van der Waals surface area contributed by atoms with Gasteiger partial charge in [-0.15, -0.1) is 0 Å². The lowest BCUT2D eigenvalue weighted by Crippen LogP contribution is -2.39. The van der Waals surface area contributed by atoms with Gasteiger partial charge in [0.15, 0.2) is 5.13 Å². The summed E-state index contributed by atoms with van der Waals surface area (Å²) in [5.41, 5.74) is 1.22. The minimum absolute atomic E-state index is 0.120. The first-order valence-corrected chi connectivity index (χ1v) is 10.9. The summed E-state index contributed by atoms with van der Waals surface area (Å²) in [6.45, 7) is 9.93. The maximum atomic E-state index is 13.4. The van der Waals surface area contributed by atoms with Crippen molar-refractivity contribution >= 4 is 44.2 Å². The van der Waals surface area contributed by atoms with Gasteiger partial charge in [-0.2, -0.15) is 5.10 Å². The number of hydrogen-bond donors (Lipinski definition) is 0. The Balaban J connectivity index is 2.04. The molecule has 29 heavy (non-hydrogen) atoms. The number of anilines is 1. The molecule has 0 radical (unpaired) electrons. The van der Waals surface area contributed by atoms with Gasteiger partial charge in [-0.1, -0.05) is 36.8 Å². The van der Waals surface area contributed by atoms with Crippen molar-refractivity contribution in [1.29, 1.82) is 0 Å². The van der Waals surface area contributed by atoms with E-state index in [-0.39, 0.29) is 5.91 Å². The molecule has 0 N–H and O–H groups in total. The number of rotatable bonds is 9. The fourth-order valence-corrected chi connectivity index (χ4v) is 4.47. The molecule has 0 unspecified atom stereocenters. The van der Waals surface area contributed by atoms with Gasteiger partial charge >= 0.3 is 0 Å². The van der Waals surface area contributed by atoms with E-state index < -0.39 is 0 Å².